The van der Waals surface area contributed by atoms with Gasteiger partial charge < -0.3 is 5.73 Å². The highest BCUT2D eigenvalue weighted by atomic mass is 16.2. The summed E-state index contributed by atoms with van der Waals surface area (Å²) in [4.78, 5) is 12.2. The third kappa shape index (κ3) is 2.33. The molecule has 6 heteroatoms. The first-order valence-electron chi connectivity index (χ1n) is 6.40. The quantitative estimate of drug-likeness (QED) is 0.737. The van der Waals surface area contributed by atoms with Gasteiger partial charge in [-0.15, -0.1) is 0 Å². The van der Waals surface area contributed by atoms with Gasteiger partial charge in [-0.05, 0) is 33.6 Å². The Balaban J connectivity index is 2.11. The SMILES string of the molecule is Cc1[nH]nc(N)c1C(=O)NN1C(C)CCCC1C. The van der Waals surface area contributed by atoms with Crippen LogP contribution >= 0.6 is 0 Å². The second-order valence-electron chi connectivity index (χ2n) is 5.09. The Morgan fingerprint density at radius 1 is 1.44 bits per heavy atom. The minimum atomic E-state index is -0.181. The van der Waals surface area contributed by atoms with Crippen LogP contribution in [0.3, 0.4) is 0 Å². The van der Waals surface area contributed by atoms with Gasteiger partial charge in [0.15, 0.2) is 5.82 Å². The van der Waals surface area contributed by atoms with Crippen molar-refractivity contribution >= 4 is 11.7 Å². The molecule has 0 aromatic carbocycles. The lowest BCUT2D eigenvalue weighted by Crippen LogP contribution is -2.54. The number of aromatic nitrogens is 2. The van der Waals surface area contributed by atoms with E-state index in [1.807, 2.05) is 5.01 Å². The van der Waals surface area contributed by atoms with Crippen LogP contribution in [0.4, 0.5) is 5.82 Å². The summed E-state index contributed by atoms with van der Waals surface area (Å²) in [5, 5.41) is 8.59. The lowest BCUT2D eigenvalue weighted by Gasteiger charge is -2.38. The molecule has 1 aliphatic heterocycles. The van der Waals surface area contributed by atoms with Crippen LogP contribution in [0.2, 0.25) is 0 Å². The van der Waals surface area contributed by atoms with Crippen molar-refractivity contribution in [2.45, 2.75) is 52.1 Å². The van der Waals surface area contributed by atoms with Gasteiger partial charge in [0.25, 0.3) is 5.91 Å². The maximum atomic E-state index is 12.2. The van der Waals surface area contributed by atoms with Crippen molar-refractivity contribution in [3.8, 4) is 0 Å². The summed E-state index contributed by atoms with van der Waals surface area (Å²) in [6.45, 7) is 6.05. The van der Waals surface area contributed by atoms with E-state index < -0.39 is 0 Å². The second kappa shape index (κ2) is 4.97. The molecule has 1 aromatic heterocycles. The van der Waals surface area contributed by atoms with Gasteiger partial charge in [0.2, 0.25) is 0 Å². The first-order valence-corrected chi connectivity index (χ1v) is 6.40. The molecule has 100 valence electrons. The van der Waals surface area contributed by atoms with Crippen molar-refractivity contribution in [2.24, 2.45) is 0 Å². The second-order valence-corrected chi connectivity index (χ2v) is 5.09. The number of nitrogens with zero attached hydrogens (tertiary/aromatic N) is 2. The predicted molar refractivity (Wildman–Crippen MR) is 69.8 cm³/mol. The zero-order valence-electron chi connectivity index (χ0n) is 11.2. The molecule has 18 heavy (non-hydrogen) atoms. The highest BCUT2D eigenvalue weighted by Gasteiger charge is 2.27. The number of hydrogen-bond donors (Lipinski definition) is 3. The number of hydrogen-bond acceptors (Lipinski definition) is 4. The number of carbonyl (C=O) groups excluding carboxylic acids is 1. The Bertz CT molecular complexity index is 412. The first-order chi connectivity index (χ1) is 8.50. The minimum Gasteiger partial charge on any atom is -0.382 e. The third-order valence-electron chi connectivity index (χ3n) is 3.63. The number of aryl methyl sites for hydroxylation is 1. The Labute approximate surface area is 107 Å². The fraction of sp³-hybridized carbons (Fsp3) is 0.667. The van der Waals surface area contributed by atoms with Crippen LogP contribution in [0.15, 0.2) is 0 Å². The van der Waals surface area contributed by atoms with Gasteiger partial charge in [0.05, 0.1) is 0 Å². The summed E-state index contributed by atoms with van der Waals surface area (Å²) < 4.78 is 0. The number of piperidine rings is 1. The molecular weight excluding hydrogens is 230 g/mol. The lowest BCUT2D eigenvalue weighted by molar-refractivity contribution is 0.0370. The summed E-state index contributed by atoms with van der Waals surface area (Å²) in [5.41, 5.74) is 9.79. The largest absolute Gasteiger partial charge is 0.382 e. The van der Waals surface area contributed by atoms with Crippen LogP contribution in [0.5, 0.6) is 0 Å². The van der Waals surface area contributed by atoms with E-state index >= 15 is 0 Å². The van der Waals surface area contributed by atoms with Gasteiger partial charge in [-0.3, -0.25) is 15.3 Å². The summed E-state index contributed by atoms with van der Waals surface area (Å²) in [7, 11) is 0. The Kier molecular flexibility index (Phi) is 3.56. The molecule has 2 atom stereocenters. The molecule has 0 bridgehead atoms. The average Bonchev–Trinajstić information content (AvgIpc) is 2.64. The van der Waals surface area contributed by atoms with Crippen molar-refractivity contribution in [1.82, 2.24) is 20.6 Å². The van der Waals surface area contributed by atoms with Crippen LogP contribution in [0.25, 0.3) is 0 Å². The van der Waals surface area contributed by atoms with Crippen molar-refractivity contribution in [2.75, 3.05) is 5.73 Å². The van der Waals surface area contributed by atoms with Gasteiger partial charge in [0.1, 0.15) is 5.56 Å². The Hall–Kier alpha value is -1.56. The van der Waals surface area contributed by atoms with Crippen LogP contribution in [-0.2, 0) is 0 Å². The van der Waals surface area contributed by atoms with Gasteiger partial charge in [0, 0.05) is 17.8 Å². The number of nitrogens with two attached hydrogens (primary N) is 1. The number of rotatable bonds is 2. The van der Waals surface area contributed by atoms with Gasteiger partial charge >= 0.3 is 0 Å². The van der Waals surface area contributed by atoms with Crippen molar-refractivity contribution in [1.29, 1.82) is 0 Å². The van der Waals surface area contributed by atoms with Crippen molar-refractivity contribution in [3.05, 3.63) is 11.3 Å². The summed E-state index contributed by atoms with van der Waals surface area (Å²) in [6, 6.07) is 0.706. The topological polar surface area (TPSA) is 87.0 Å². The fourth-order valence-corrected chi connectivity index (χ4v) is 2.55. The van der Waals surface area contributed by atoms with Gasteiger partial charge in [-0.1, -0.05) is 6.42 Å². The fourth-order valence-electron chi connectivity index (χ4n) is 2.55. The van der Waals surface area contributed by atoms with Crippen LogP contribution < -0.4 is 11.2 Å². The molecule has 1 amide bonds. The maximum absolute atomic E-state index is 12.2. The Morgan fingerprint density at radius 2 is 2.06 bits per heavy atom. The monoisotopic (exact) mass is 251 g/mol. The van der Waals surface area contributed by atoms with E-state index in [9.17, 15) is 4.79 Å². The van der Waals surface area contributed by atoms with Crippen LogP contribution in [-0.4, -0.2) is 33.2 Å². The molecule has 1 fully saturated rings. The van der Waals surface area contributed by atoms with Crippen LogP contribution in [0, 0.1) is 6.92 Å². The molecule has 0 saturated carbocycles. The number of hydrazine groups is 1. The van der Waals surface area contributed by atoms with Crippen molar-refractivity contribution < 1.29 is 4.79 Å². The molecule has 0 spiro atoms. The maximum Gasteiger partial charge on any atom is 0.271 e. The van der Waals surface area contributed by atoms with E-state index in [4.69, 9.17) is 5.73 Å². The van der Waals surface area contributed by atoms with Gasteiger partial charge in [-0.2, -0.15) is 5.10 Å². The highest BCUT2D eigenvalue weighted by molar-refractivity contribution is 5.99. The normalized spacial score (nSPS) is 25.1. The highest BCUT2D eigenvalue weighted by Crippen LogP contribution is 2.21. The molecule has 0 radical (unpaired) electrons. The molecule has 1 saturated heterocycles. The molecule has 2 unspecified atom stereocenters. The zero-order chi connectivity index (χ0) is 13.3. The van der Waals surface area contributed by atoms with E-state index in [-0.39, 0.29) is 11.7 Å². The molecular formula is C12H21N5O. The smallest absolute Gasteiger partial charge is 0.271 e. The number of anilines is 1. The van der Waals surface area contributed by atoms with E-state index in [0.29, 0.717) is 23.3 Å². The summed E-state index contributed by atoms with van der Waals surface area (Å²) in [6.07, 6.45) is 3.41. The average molecular weight is 251 g/mol. The number of H-pyrrole nitrogens is 1. The summed E-state index contributed by atoms with van der Waals surface area (Å²) in [5.74, 6) is 0.0710. The Morgan fingerprint density at radius 3 is 2.56 bits per heavy atom. The van der Waals surface area contributed by atoms with Gasteiger partial charge in [-0.25, -0.2) is 5.01 Å². The van der Waals surface area contributed by atoms with E-state index in [0.717, 1.165) is 12.8 Å². The van der Waals surface area contributed by atoms with E-state index in [1.165, 1.54) is 6.42 Å². The van der Waals surface area contributed by atoms with Crippen LogP contribution in [0.1, 0.15) is 49.2 Å². The van der Waals surface area contributed by atoms with Crippen molar-refractivity contribution in [3.63, 3.8) is 0 Å². The number of nitrogen functional groups attached to an aromatic ring is 1. The molecule has 6 nitrogen and oxygen atoms in total. The molecule has 2 rings (SSSR count). The molecule has 1 aliphatic rings. The number of aromatic amines is 1. The number of carbonyl (C=O) groups is 1. The number of nitrogens with one attached hydrogen (secondary N) is 2. The minimum absolute atomic E-state index is 0.181. The summed E-state index contributed by atoms with van der Waals surface area (Å²) >= 11 is 0. The van der Waals surface area contributed by atoms with E-state index in [1.54, 1.807) is 6.92 Å². The first kappa shape index (κ1) is 12.9. The molecule has 4 N–H and O–H groups in total. The zero-order valence-corrected chi connectivity index (χ0v) is 11.2. The molecule has 2 heterocycles. The third-order valence-corrected chi connectivity index (χ3v) is 3.63. The predicted octanol–water partition coefficient (Wildman–Crippen LogP) is 1.21. The molecule has 1 aromatic rings. The molecule has 0 aliphatic carbocycles. The lowest BCUT2D eigenvalue weighted by atomic mass is 10.00. The standard InChI is InChI=1S/C12H21N5O/c1-7-5-4-6-8(2)17(7)16-12(18)10-9(3)14-15-11(10)13/h7-8H,4-6H2,1-3H3,(H,16,18)(H3,13,14,15). The number of amides is 1. The van der Waals surface area contributed by atoms with E-state index in [2.05, 4.69) is 29.5 Å².